The molecule has 1 aliphatic heterocycles. The number of nitrogens with two attached hydrogens (primary N) is 1. The van der Waals surface area contributed by atoms with E-state index >= 15 is 0 Å². The monoisotopic (exact) mass is 514 g/mol. The highest BCUT2D eigenvalue weighted by Crippen LogP contribution is 2.23. The second-order valence-corrected chi connectivity index (χ2v) is 11.2. The van der Waals surface area contributed by atoms with Gasteiger partial charge in [0.15, 0.2) is 26.4 Å². The molecule has 0 aromatic rings. The van der Waals surface area contributed by atoms with E-state index < -0.39 is 67.8 Å². The first-order chi connectivity index (χ1) is 14.2. The SMILES string of the molecule is NCCS(=O)(=O)CCCCCO[C@@H]1O[C@H](COS(=O)(=O)[O-])[C@@H](O)[C@H](O)[C@H]1NS(=O)(=O)[O-]. The number of unbranched alkanes of at least 4 members (excludes halogenated alkanes) is 2. The molecule has 1 heterocycles. The molecule has 5 atom stereocenters. The first kappa shape index (κ1) is 28.5. The quantitative estimate of drug-likeness (QED) is 0.0976. The molecule has 0 unspecified atom stereocenters. The summed E-state index contributed by atoms with van der Waals surface area (Å²) in [5.74, 6) is -0.226. The van der Waals surface area contributed by atoms with Crippen LogP contribution in [0.2, 0.25) is 0 Å². The second-order valence-electron chi connectivity index (χ2n) is 6.69. The van der Waals surface area contributed by atoms with Gasteiger partial charge in [0.1, 0.15) is 24.4 Å². The number of aliphatic hydroxyl groups excluding tert-OH is 2. The van der Waals surface area contributed by atoms with Crippen molar-refractivity contribution >= 4 is 30.5 Å². The summed E-state index contributed by atoms with van der Waals surface area (Å²) in [5, 5.41) is 20.1. The Hall–Kier alpha value is -0.510. The van der Waals surface area contributed by atoms with Crippen LogP contribution in [0.5, 0.6) is 0 Å². The standard InChI is InChI=1S/C13H28N2O13S3/c14-4-7-29(18,19)6-3-1-2-5-26-13-10(15-30(20,21)22)12(17)11(16)9(28-13)8-27-31(23,24)25/h9-13,15-17H,1-8,14H2,(H,20,21,22)(H,23,24,25)/p-2/t9-,10-,11-,12-,13-/m1/s1. The number of sulfone groups is 1. The predicted octanol–water partition coefficient (Wildman–Crippen LogP) is -4.11. The molecule has 0 aromatic carbocycles. The van der Waals surface area contributed by atoms with Crippen LogP contribution in [0, 0.1) is 0 Å². The van der Waals surface area contributed by atoms with Crippen LogP contribution in [-0.2, 0) is 44.2 Å². The summed E-state index contributed by atoms with van der Waals surface area (Å²) in [5.41, 5.74) is 5.20. The van der Waals surface area contributed by atoms with Crippen molar-refractivity contribution in [3.8, 4) is 0 Å². The number of aliphatic hydroxyl groups is 2. The average Bonchev–Trinajstić information content (AvgIpc) is 2.60. The lowest BCUT2D eigenvalue weighted by Crippen LogP contribution is -2.64. The van der Waals surface area contributed by atoms with Gasteiger partial charge in [0.2, 0.25) is 10.4 Å². The van der Waals surface area contributed by atoms with Crippen molar-refractivity contribution in [2.24, 2.45) is 5.73 Å². The molecule has 0 radical (unpaired) electrons. The fourth-order valence-electron chi connectivity index (χ4n) is 2.74. The molecule has 0 bridgehead atoms. The van der Waals surface area contributed by atoms with Gasteiger partial charge in [-0.2, -0.15) is 0 Å². The highest BCUT2D eigenvalue weighted by Gasteiger charge is 2.46. The third-order valence-corrected chi connectivity index (χ3v) is 6.92. The lowest BCUT2D eigenvalue weighted by molar-refractivity contribution is -0.267. The molecule has 0 spiro atoms. The zero-order chi connectivity index (χ0) is 23.9. The van der Waals surface area contributed by atoms with Crippen molar-refractivity contribution in [2.75, 3.05) is 31.3 Å². The van der Waals surface area contributed by atoms with E-state index in [0.717, 1.165) is 0 Å². The minimum Gasteiger partial charge on any atom is -0.735 e. The lowest BCUT2D eigenvalue weighted by Gasteiger charge is -2.42. The molecule has 1 rings (SSSR count). The molecular weight excluding hydrogens is 488 g/mol. The average molecular weight is 515 g/mol. The first-order valence-electron chi connectivity index (χ1n) is 9.02. The molecule has 0 saturated carbocycles. The van der Waals surface area contributed by atoms with Crippen LogP contribution in [0.25, 0.3) is 0 Å². The lowest BCUT2D eigenvalue weighted by atomic mass is 9.98. The van der Waals surface area contributed by atoms with Crippen LogP contribution in [0.1, 0.15) is 19.3 Å². The Balaban J connectivity index is 2.69. The number of rotatable bonds is 14. The summed E-state index contributed by atoms with van der Waals surface area (Å²) >= 11 is 0. The fraction of sp³-hybridized carbons (Fsp3) is 1.00. The topological polar surface area (TPSA) is 255 Å². The van der Waals surface area contributed by atoms with E-state index in [9.17, 15) is 44.6 Å². The summed E-state index contributed by atoms with van der Waals surface area (Å²) in [6, 6.07) is -1.75. The van der Waals surface area contributed by atoms with Gasteiger partial charge in [-0.3, -0.25) is 4.18 Å². The highest BCUT2D eigenvalue weighted by atomic mass is 32.3. The molecule has 31 heavy (non-hydrogen) atoms. The van der Waals surface area contributed by atoms with Crippen LogP contribution >= 0.6 is 0 Å². The van der Waals surface area contributed by atoms with Crippen molar-refractivity contribution in [2.45, 2.75) is 49.9 Å². The van der Waals surface area contributed by atoms with Gasteiger partial charge in [-0.05, 0) is 12.8 Å². The van der Waals surface area contributed by atoms with Gasteiger partial charge in [0, 0.05) is 13.2 Å². The predicted molar refractivity (Wildman–Crippen MR) is 100 cm³/mol. The number of hydrogen-bond donors (Lipinski definition) is 4. The zero-order valence-corrected chi connectivity index (χ0v) is 18.7. The Kier molecular flexibility index (Phi) is 11.1. The summed E-state index contributed by atoms with van der Waals surface area (Å²) in [6.45, 7) is -1.12. The Morgan fingerprint density at radius 2 is 1.61 bits per heavy atom. The van der Waals surface area contributed by atoms with E-state index in [1.165, 1.54) is 4.72 Å². The molecule has 1 aliphatic rings. The van der Waals surface area contributed by atoms with E-state index in [1.807, 2.05) is 0 Å². The van der Waals surface area contributed by atoms with E-state index in [1.54, 1.807) is 0 Å². The van der Waals surface area contributed by atoms with Crippen molar-refractivity contribution in [3.05, 3.63) is 0 Å². The van der Waals surface area contributed by atoms with Crippen molar-refractivity contribution in [1.29, 1.82) is 0 Å². The van der Waals surface area contributed by atoms with Crippen LogP contribution in [0.15, 0.2) is 0 Å². The fourth-order valence-corrected chi connectivity index (χ4v) is 4.83. The highest BCUT2D eigenvalue weighted by molar-refractivity contribution is 7.91. The zero-order valence-electron chi connectivity index (χ0n) is 16.2. The molecule has 15 nitrogen and oxygen atoms in total. The van der Waals surface area contributed by atoms with E-state index in [0.29, 0.717) is 12.8 Å². The first-order valence-corrected chi connectivity index (χ1v) is 13.6. The van der Waals surface area contributed by atoms with Crippen molar-refractivity contribution in [3.63, 3.8) is 0 Å². The van der Waals surface area contributed by atoms with E-state index in [-0.39, 0.29) is 31.1 Å². The molecule has 0 amide bonds. The van der Waals surface area contributed by atoms with Crippen LogP contribution < -0.4 is 10.5 Å². The van der Waals surface area contributed by atoms with Gasteiger partial charge in [0.25, 0.3) is 0 Å². The van der Waals surface area contributed by atoms with Gasteiger partial charge >= 0.3 is 0 Å². The van der Waals surface area contributed by atoms with Crippen molar-refractivity contribution in [1.82, 2.24) is 4.72 Å². The summed E-state index contributed by atoms with van der Waals surface area (Å²) in [4.78, 5) is 0. The maximum absolute atomic E-state index is 11.6. The van der Waals surface area contributed by atoms with Crippen molar-refractivity contribution < 1.29 is 58.2 Å². The summed E-state index contributed by atoms with van der Waals surface area (Å²) in [6.07, 6.45) is -6.17. The van der Waals surface area contributed by atoms with Gasteiger partial charge in [-0.15, -0.1) is 0 Å². The maximum Gasteiger partial charge on any atom is 0.217 e. The largest absolute Gasteiger partial charge is 0.735 e. The molecular formula is C13H26N2O13S3-2. The minimum atomic E-state index is -5.15. The third-order valence-electron chi connectivity index (χ3n) is 4.17. The Bertz CT molecular complexity index is 859. The Morgan fingerprint density at radius 3 is 2.16 bits per heavy atom. The van der Waals surface area contributed by atoms with Gasteiger partial charge in [-0.25, -0.2) is 30.0 Å². The minimum absolute atomic E-state index is 0.00811. The molecule has 5 N–H and O–H groups in total. The van der Waals surface area contributed by atoms with Crippen LogP contribution in [0.4, 0.5) is 0 Å². The molecule has 1 saturated heterocycles. The normalized spacial score (nSPS) is 28.0. The summed E-state index contributed by atoms with van der Waals surface area (Å²) < 4.78 is 104. The second kappa shape index (κ2) is 12.1. The molecule has 18 heteroatoms. The summed E-state index contributed by atoms with van der Waals surface area (Å²) in [7, 11) is -13.5. The molecule has 186 valence electrons. The number of ether oxygens (including phenoxy) is 2. The van der Waals surface area contributed by atoms with Gasteiger partial charge in [0.05, 0.1) is 18.1 Å². The molecule has 1 fully saturated rings. The molecule has 0 aliphatic carbocycles. The van der Waals surface area contributed by atoms with Gasteiger partial charge < -0.3 is 34.5 Å². The van der Waals surface area contributed by atoms with Crippen LogP contribution in [0.3, 0.4) is 0 Å². The van der Waals surface area contributed by atoms with E-state index in [2.05, 4.69) is 4.18 Å². The Morgan fingerprint density at radius 1 is 0.968 bits per heavy atom. The maximum atomic E-state index is 11.6. The number of hydrogen-bond acceptors (Lipinski definition) is 14. The third kappa shape index (κ3) is 11.3. The smallest absolute Gasteiger partial charge is 0.217 e. The Labute approximate surface area is 180 Å². The number of nitrogens with one attached hydrogen (secondary N) is 1. The van der Waals surface area contributed by atoms with E-state index in [4.69, 9.17) is 15.2 Å². The van der Waals surface area contributed by atoms with Gasteiger partial charge in [-0.1, -0.05) is 6.42 Å². The molecule has 0 aromatic heterocycles. The van der Waals surface area contributed by atoms with Crippen LogP contribution in [-0.4, -0.2) is 106 Å².